The molecule has 1 aliphatic rings. The lowest BCUT2D eigenvalue weighted by Crippen LogP contribution is -2.53. The molecule has 2 aromatic heterocycles. The van der Waals surface area contributed by atoms with Crippen LogP contribution in [-0.2, 0) is 13.2 Å². The molecule has 0 amide bonds. The maximum Gasteiger partial charge on any atom is 0.254 e. The Kier molecular flexibility index (Phi) is 5.09. The minimum Gasteiger partial charge on any atom is -0.485 e. The zero-order valence-electron chi connectivity index (χ0n) is 17.1. The highest BCUT2D eigenvalue weighted by Crippen LogP contribution is 2.33. The molecule has 0 spiro atoms. The second kappa shape index (κ2) is 7.70. The fourth-order valence-electron chi connectivity index (χ4n) is 3.70. The molecule has 0 N–H and O–H groups in total. The second-order valence-corrected chi connectivity index (χ2v) is 8.40. The average Bonchev–Trinajstić information content (AvgIpc) is 2.68. The minimum atomic E-state index is -0.0810. The van der Waals surface area contributed by atoms with Crippen molar-refractivity contribution in [2.45, 2.75) is 33.9 Å². The van der Waals surface area contributed by atoms with Crippen molar-refractivity contribution in [3.05, 3.63) is 82.3 Å². The third-order valence-electron chi connectivity index (χ3n) is 5.18. The molecule has 6 nitrogen and oxygen atoms in total. The van der Waals surface area contributed by atoms with Crippen LogP contribution in [0.5, 0.6) is 5.75 Å². The molecule has 0 unspecified atom stereocenters. The second-order valence-electron chi connectivity index (χ2n) is 8.40. The summed E-state index contributed by atoms with van der Waals surface area (Å²) in [6.07, 6.45) is 3.34. The van der Waals surface area contributed by atoms with Gasteiger partial charge in [-0.2, -0.15) is 0 Å². The van der Waals surface area contributed by atoms with Crippen LogP contribution in [0.25, 0.3) is 0 Å². The van der Waals surface area contributed by atoms with E-state index in [1.54, 1.807) is 23.0 Å². The van der Waals surface area contributed by atoms with E-state index in [9.17, 15) is 4.79 Å². The van der Waals surface area contributed by atoms with E-state index in [-0.39, 0.29) is 12.2 Å². The Morgan fingerprint density at radius 3 is 2.38 bits per heavy atom. The van der Waals surface area contributed by atoms with Gasteiger partial charge in [0.05, 0.1) is 6.54 Å². The monoisotopic (exact) mass is 390 g/mol. The van der Waals surface area contributed by atoms with Crippen LogP contribution in [0.4, 0.5) is 5.69 Å². The van der Waals surface area contributed by atoms with Crippen LogP contribution < -0.4 is 15.2 Å². The third kappa shape index (κ3) is 4.47. The Morgan fingerprint density at radius 1 is 1.07 bits per heavy atom. The molecule has 1 aromatic carbocycles. The molecule has 0 aliphatic carbocycles. The lowest BCUT2D eigenvalue weighted by Gasteiger charge is -2.47. The van der Waals surface area contributed by atoms with Crippen LogP contribution in [0, 0.1) is 12.3 Å². The van der Waals surface area contributed by atoms with Gasteiger partial charge in [0.2, 0.25) is 0 Å². The number of hydrogen-bond acceptors (Lipinski definition) is 5. The normalized spacial score (nSPS) is 15.1. The van der Waals surface area contributed by atoms with Gasteiger partial charge in [-0.25, -0.2) is 9.97 Å². The van der Waals surface area contributed by atoms with Crippen molar-refractivity contribution in [3.63, 3.8) is 0 Å². The van der Waals surface area contributed by atoms with E-state index in [1.807, 2.05) is 13.0 Å². The molecule has 0 radical (unpaired) electrons. The van der Waals surface area contributed by atoms with Gasteiger partial charge in [-0.1, -0.05) is 26.0 Å². The first-order valence-electron chi connectivity index (χ1n) is 9.84. The molecule has 1 fully saturated rings. The number of nitrogens with zero attached hydrogens (tertiary/aromatic N) is 4. The number of rotatable bonds is 6. The van der Waals surface area contributed by atoms with Gasteiger partial charge < -0.3 is 14.2 Å². The molecule has 150 valence electrons. The quantitative estimate of drug-likeness (QED) is 0.645. The van der Waals surface area contributed by atoms with Crippen molar-refractivity contribution in [1.82, 2.24) is 14.5 Å². The highest BCUT2D eigenvalue weighted by molar-refractivity contribution is 5.50. The van der Waals surface area contributed by atoms with Crippen LogP contribution in [0.15, 0.2) is 59.7 Å². The Balaban J connectivity index is 1.43. The summed E-state index contributed by atoms with van der Waals surface area (Å²) in [6, 6.07) is 13.6. The van der Waals surface area contributed by atoms with Gasteiger partial charge >= 0.3 is 0 Å². The molecule has 0 atom stereocenters. The van der Waals surface area contributed by atoms with Crippen LogP contribution in [-0.4, -0.2) is 27.6 Å². The summed E-state index contributed by atoms with van der Waals surface area (Å²) in [6.45, 7) is 9.43. The predicted octanol–water partition coefficient (Wildman–Crippen LogP) is 3.42. The van der Waals surface area contributed by atoms with Gasteiger partial charge in [0.1, 0.15) is 12.4 Å². The van der Waals surface area contributed by atoms with E-state index in [1.165, 1.54) is 11.8 Å². The van der Waals surface area contributed by atoms with Crippen molar-refractivity contribution >= 4 is 5.69 Å². The average molecular weight is 390 g/mol. The summed E-state index contributed by atoms with van der Waals surface area (Å²) in [5, 5.41) is 0. The fraction of sp³-hybridized carbons (Fsp3) is 0.348. The van der Waals surface area contributed by atoms with Gasteiger partial charge in [-0.15, -0.1) is 0 Å². The lowest BCUT2D eigenvalue weighted by atomic mass is 9.84. The van der Waals surface area contributed by atoms with Crippen molar-refractivity contribution in [1.29, 1.82) is 0 Å². The molecule has 1 aliphatic heterocycles. The van der Waals surface area contributed by atoms with E-state index in [0.717, 1.165) is 24.3 Å². The number of hydrogen-bond donors (Lipinski definition) is 0. The van der Waals surface area contributed by atoms with Crippen molar-refractivity contribution in [2.75, 3.05) is 18.0 Å². The summed E-state index contributed by atoms with van der Waals surface area (Å²) in [4.78, 5) is 23.3. The highest BCUT2D eigenvalue weighted by atomic mass is 16.5. The number of aromatic nitrogens is 3. The summed E-state index contributed by atoms with van der Waals surface area (Å²) < 4.78 is 7.45. The Hall–Kier alpha value is -3.15. The molecule has 4 rings (SSSR count). The van der Waals surface area contributed by atoms with E-state index in [0.29, 0.717) is 23.5 Å². The zero-order valence-corrected chi connectivity index (χ0v) is 17.1. The highest BCUT2D eigenvalue weighted by Gasteiger charge is 2.33. The smallest absolute Gasteiger partial charge is 0.254 e. The Morgan fingerprint density at radius 2 is 1.76 bits per heavy atom. The van der Waals surface area contributed by atoms with E-state index >= 15 is 0 Å². The van der Waals surface area contributed by atoms with Crippen LogP contribution in [0.2, 0.25) is 0 Å². The first-order chi connectivity index (χ1) is 13.9. The maximum atomic E-state index is 12.6. The minimum absolute atomic E-state index is 0.0810. The summed E-state index contributed by atoms with van der Waals surface area (Å²) in [5.41, 5.74) is 3.52. The number of anilines is 1. The van der Waals surface area contributed by atoms with Crippen LogP contribution in [0.3, 0.4) is 0 Å². The molecular formula is C23H26N4O2. The Bertz CT molecular complexity index is 1030. The number of pyridine rings is 1. The van der Waals surface area contributed by atoms with Gasteiger partial charge in [0, 0.05) is 42.9 Å². The predicted molar refractivity (Wildman–Crippen MR) is 113 cm³/mol. The topological polar surface area (TPSA) is 60.3 Å². The van der Waals surface area contributed by atoms with Gasteiger partial charge in [-0.3, -0.25) is 4.79 Å². The first-order valence-corrected chi connectivity index (χ1v) is 9.84. The van der Waals surface area contributed by atoms with E-state index < -0.39 is 0 Å². The van der Waals surface area contributed by atoms with E-state index in [4.69, 9.17) is 4.74 Å². The molecule has 3 aromatic rings. The number of benzene rings is 1. The SMILES string of the molecule is Cc1cc(OCc2ncccn2)cc(=O)n1Cc1ccc(N2CC(C)(C)C2)cc1. The van der Waals surface area contributed by atoms with Gasteiger partial charge in [0.15, 0.2) is 5.82 Å². The van der Waals surface area contributed by atoms with Gasteiger partial charge in [-0.05, 0) is 42.2 Å². The summed E-state index contributed by atoms with van der Waals surface area (Å²) in [7, 11) is 0. The fourth-order valence-corrected chi connectivity index (χ4v) is 3.70. The third-order valence-corrected chi connectivity index (χ3v) is 5.18. The first kappa shape index (κ1) is 19.2. The molecule has 1 saturated heterocycles. The number of ether oxygens (including phenoxy) is 1. The standard InChI is InChI=1S/C23H26N4O2/c1-17-11-20(29-14-21-24-9-4-10-25-21)12-22(28)27(17)13-18-5-7-19(8-6-18)26-15-23(2,3)16-26/h4-12H,13-16H2,1-3H3. The van der Waals surface area contributed by atoms with Crippen LogP contribution in [0.1, 0.15) is 30.9 Å². The van der Waals surface area contributed by atoms with Crippen molar-refractivity contribution in [2.24, 2.45) is 5.41 Å². The van der Waals surface area contributed by atoms with Crippen molar-refractivity contribution < 1.29 is 4.74 Å². The van der Waals surface area contributed by atoms with Crippen LogP contribution >= 0.6 is 0 Å². The molecular weight excluding hydrogens is 364 g/mol. The Labute approximate surface area is 170 Å². The maximum absolute atomic E-state index is 12.6. The largest absolute Gasteiger partial charge is 0.485 e. The van der Waals surface area contributed by atoms with E-state index in [2.05, 4.69) is 53.0 Å². The molecule has 3 heterocycles. The number of aryl methyl sites for hydroxylation is 1. The summed E-state index contributed by atoms with van der Waals surface area (Å²) >= 11 is 0. The zero-order chi connectivity index (χ0) is 20.4. The van der Waals surface area contributed by atoms with Gasteiger partial charge in [0.25, 0.3) is 5.56 Å². The lowest BCUT2D eigenvalue weighted by molar-refractivity contribution is 0.276. The molecule has 0 bridgehead atoms. The summed E-state index contributed by atoms with van der Waals surface area (Å²) in [5.74, 6) is 1.12. The molecule has 0 saturated carbocycles. The molecule has 6 heteroatoms. The molecule has 29 heavy (non-hydrogen) atoms. The van der Waals surface area contributed by atoms with Crippen molar-refractivity contribution in [3.8, 4) is 5.75 Å².